The largest absolute Gasteiger partial charge is 0.394 e. The molecule has 1 saturated heterocycles. The first kappa shape index (κ1) is 20.3. The molecular formula is C12H22O11. The molecule has 0 aromatic rings. The van der Waals surface area contributed by atoms with Crippen LogP contribution in [-0.2, 0) is 14.3 Å². The minimum Gasteiger partial charge on any atom is -0.394 e. The summed E-state index contributed by atoms with van der Waals surface area (Å²) < 4.78 is 10.1. The van der Waals surface area contributed by atoms with Crippen molar-refractivity contribution in [1.29, 1.82) is 0 Å². The minimum absolute atomic E-state index is 0.0180. The monoisotopic (exact) mass is 342 g/mol. The Bertz CT molecular complexity index is 380. The van der Waals surface area contributed by atoms with E-state index in [1.807, 2.05) is 0 Å². The van der Waals surface area contributed by atoms with Gasteiger partial charge in [0.25, 0.3) is 0 Å². The Labute approximate surface area is 130 Å². The summed E-state index contributed by atoms with van der Waals surface area (Å²) in [7, 11) is 0. The Hall–Kier alpha value is -0.730. The van der Waals surface area contributed by atoms with Gasteiger partial charge in [-0.25, -0.2) is 0 Å². The first-order valence-electron chi connectivity index (χ1n) is 6.81. The van der Waals surface area contributed by atoms with Crippen molar-refractivity contribution in [3.8, 4) is 0 Å². The van der Waals surface area contributed by atoms with Crippen molar-refractivity contribution in [2.75, 3.05) is 19.8 Å². The lowest BCUT2D eigenvalue weighted by atomic mass is 10.0. The van der Waals surface area contributed by atoms with Crippen LogP contribution in [0.3, 0.4) is 0 Å². The summed E-state index contributed by atoms with van der Waals surface area (Å²) >= 11 is 0. The van der Waals surface area contributed by atoms with Crippen molar-refractivity contribution in [3.05, 3.63) is 0 Å². The molecule has 1 aliphatic rings. The molecule has 0 amide bonds. The molecule has 0 aliphatic carbocycles. The van der Waals surface area contributed by atoms with Gasteiger partial charge in [0, 0.05) is 0 Å². The van der Waals surface area contributed by atoms with Gasteiger partial charge in [-0.05, 0) is 0 Å². The van der Waals surface area contributed by atoms with E-state index in [9.17, 15) is 35.4 Å². The number of aliphatic hydroxyl groups is 8. The van der Waals surface area contributed by atoms with E-state index in [0.717, 1.165) is 0 Å². The molecule has 0 spiro atoms. The highest BCUT2D eigenvalue weighted by molar-refractivity contribution is 5.57. The van der Waals surface area contributed by atoms with Crippen molar-refractivity contribution in [2.24, 2.45) is 0 Å². The van der Waals surface area contributed by atoms with E-state index in [1.165, 1.54) is 0 Å². The predicted molar refractivity (Wildman–Crippen MR) is 69.8 cm³/mol. The van der Waals surface area contributed by atoms with Crippen LogP contribution < -0.4 is 0 Å². The van der Waals surface area contributed by atoms with E-state index in [2.05, 4.69) is 0 Å². The minimum atomic E-state index is -2.33. The molecule has 1 aliphatic heterocycles. The van der Waals surface area contributed by atoms with Crippen molar-refractivity contribution in [3.63, 3.8) is 0 Å². The molecule has 23 heavy (non-hydrogen) atoms. The quantitative estimate of drug-likeness (QED) is 0.186. The second-order valence-electron chi connectivity index (χ2n) is 5.19. The smallest absolute Gasteiger partial charge is 0.222 e. The van der Waals surface area contributed by atoms with Gasteiger partial charge in [-0.15, -0.1) is 0 Å². The number of ether oxygens (including phenoxy) is 2. The zero-order chi connectivity index (χ0) is 17.8. The van der Waals surface area contributed by atoms with E-state index in [1.54, 1.807) is 0 Å². The van der Waals surface area contributed by atoms with E-state index in [0.29, 0.717) is 0 Å². The van der Waals surface area contributed by atoms with Crippen LogP contribution in [0.2, 0.25) is 0 Å². The molecule has 0 aromatic heterocycles. The molecular weight excluding hydrogens is 320 g/mol. The average molecular weight is 342 g/mol. The maximum Gasteiger partial charge on any atom is 0.222 e. The Morgan fingerprint density at radius 1 is 1.13 bits per heavy atom. The number of carbonyl (C=O) groups is 1. The molecule has 1 heterocycles. The lowest BCUT2D eigenvalue weighted by Gasteiger charge is -2.35. The molecule has 11 heteroatoms. The zero-order valence-electron chi connectivity index (χ0n) is 12.0. The third kappa shape index (κ3) is 4.03. The van der Waals surface area contributed by atoms with Gasteiger partial charge in [0.15, 0.2) is 6.29 Å². The first-order chi connectivity index (χ1) is 10.8. The second kappa shape index (κ2) is 8.39. The van der Waals surface area contributed by atoms with Gasteiger partial charge in [0.05, 0.1) is 13.2 Å². The molecule has 0 aromatic carbocycles. The molecule has 136 valence electrons. The third-order valence-electron chi connectivity index (χ3n) is 3.64. The lowest BCUT2D eigenvalue weighted by molar-refractivity contribution is -0.301. The third-order valence-corrected chi connectivity index (χ3v) is 3.64. The average Bonchev–Trinajstić information content (AvgIpc) is 2.82. The van der Waals surface area contributed by atoms with Crippen LogP contribution in [0.1, 0.15) is 0 Å². The molecule has 0 bridgehead atoms. The molecule has 0 saturated carbocycles. The number of hydrogen-bond acceptors (Lipinski definition) is 11. The Morgan fingerprint density at radius 3 is 2.13 bits per heavy atom. The molecule has 8 atom stereocenters. The van der Waals surface area contributed by atoms with Crippen LogP contribution in [0.5, 0.6) is 0 Å². The maximum absolute atomic E-state index is 11.1. The maximum atomic E-state index is 11.1. The van der Waals surface area contributed by atoms with Gasteiger partial charge in [0.2, 0.25) is 5.79 Å². The van der Waals surface area contributed by atoms with E-state index < -0.39 is 68.3 Å². The molecule has 8 unspecified atom stereocenters. The van der Waals surface area contributed by atoms with Gasteiger partial charge >= 0.3 is 0 Å². The van der Waals surface area contributed by atoms with Gasteiger partial charge in [-0.2, -0.15) is 0 Å². The highest BCUT2D eigenvalue weighted by Crippen LogP contribution is 2.33. The van der Waals surface area contributed by atoms with E-state index >= 15 is 0 Å². The Kier molecular flexibility index (Phi) is 7.41. The number of aldehydes is 1. The van der Waals surface area contributed by atoms with Gasteiger partial charge in [-0.1, -0.05) is 0 Å². The van der Waals surface area contributed by atoms with Crippen LogP contribution in [0.4, 0.5) is 0 Å². The predicted octanol–water partition coefficient (Wildman–Crippen LogP) is -5.55. The first-order valence-corrected chi connectivity index (χ1v) is 6.81. The summed E-state index contributed by atoms with van der Waals surface area (Å²) in [6.45, 7) is -2.67. The lowest BCUT2D eigenvalue weighted by Crippen LogP contribution is -2.56. The van der Waals surface area contributed by atoms with Crippen molar-refractivity contribution >= 4 is 6.29 Å². The molecule has 0 radical (unpaired) electrons. The number of rotatable bonds is 9. The van der Waals surface area contributed by atoms with Crippen LogP contribution in [-0.4, -0.2) is 115 Å². The Morgan fingerprint density at radius 2 is 1.74 bits per heavy atom. The normalized spacial score (nSPS) is 36.4. The number of hydrogen-bond donors (Lipinski definition) is 8. The van der Waals surface area contributed by atoms with E-state index in [4.69, 9.17) is 19.7 Å². The molecule has 8 N–H and O–H groups in total. The summed E-state index contributed by atoms with van der Waals surface area (Å²) in [6, 6.07) is 0. The van der Waals surface area contributed by atoms with Gasteiger partial charge < -0.3 is 55.1 Å². The van der Waals surface area contributed by atoms with Crippen LogP contribution in [0.15, 0.2) is 0 Å². The summed E-state index contributed by atoms with van der Waals surface area (Å²) in [5.74, 6) is -2.33. The van der Waals surface area contributed by atoms with Gasteiger partial charge in [0.1, 0.15) is 49.3 Å². The second-order valence-corrected chi connectivity index (χ2v) is 5.19. The highest BCUT2D eigenvalue weighted by Gasteiger charge is 2.56. The molecule has 1 fully saturated rings. The molecule has 1 rings (SSSR count). The fraction of sp³-hybridized carbons (Fsp3) is 0.917. The van der Waals surface area contributed by atoms with Crippen LogP contribution >= 0.6 is 0 Å². The van der Waals surface area contributed by atoms with Crippen molar-refractivity contribution in [2.45, 2.75) is 48.5 Å². The van der Waals surface area contributed by atoms with Crippen LogP contribution in [0, 0.1) is 0 Å². The fourth-order valence-corrected chi connectivity index (χ4v) is 2.21. The number of carbonyl (C=O) groups excluding carboxylic acids is 1. The van der Waals surface area contributed by atoms with Crippen molar-refractivity contribution in [1.82, 2.24) is 0 Å². The van der Waals surface area contributed by atoms with Crippen molar-refractivity contribution < 1.29 is 55.1 Å². The topological polar surface area (TPSA) is 197 Å². The Balaban J connectivity index is 2.93. The summed E-state index contributed by atoms with van der Waals surface area (Å²) in [6.07, 6.45) is -12.4. The summed E-state index contributed by atoms with van der Waals surface area (Å²) in [5.41, 5.74) is 0. The summed E-state index contributed by atoms with van der Waals surface area (Å²) in [4.78, 5) is 11.1. The number of aliphatic hydroxyl groups excluding tert-OH is 8. The summed E-state index contributed by atoms with van der Waals surface area (Å²) in [5, 5.41) is 75.4. The zero-order valence-corrected chi connectivity index (χ0v) is 12.0. The molecule has 11 nitrogen and oxygen atoms in total. The standard InChI is InChI=1S/C12H22O11/c13-1-5(17)8(18)9(19)6(2-14)22-12(4-16)11(21)10(20)7(3-15)23-12/h2,5-11,13,15-21H,1,3-4H2. The SMILES string of the molecule is O=CC(OC1(CO)OC(CO)C(O)C1O)C(O)C(O)C(O)CO. The highest BCUT2D eigenvalue weighted by atomic mass is 16.7. The van der Waals surface area contributed by atoms with E-state index in [-0.39, 0.29) is 6.29 Å². The fourth-order valence-electron chi connectivity index (χ4n) is 2.21. The van der Waals surface area contributed by atoms with Crippen LogP contribution in [0.25, 0.3) is 0 Å². The van der Waals surface area contributed by atoms with Gasteiger partial charge in [-0.3, -0.25) is 0 Å².